The molecule has 0 radical (unpaired) electrons. The number of amides is 2. The molecule has 4 fully saturated rings. The minimum Gasteiger partial charge on any atom is -0.339 e. The topological polar surface area (TPSA) is 40.6 Å². The second kappa shape index (κ2) is 8.68. The molecule has 1 saturated heterocycles. The molecule has 4 aliphatic rings. The first-order valence-corrected chi connectivity index (χ1v) is 13.8. The highest BCUT2D eigenvalue weighted by Gasteiger charge is 2.47. The largest absolute Gasteiger partial charge is 0.339 e. The van der Waals surface area contributed by atoms with Crippen molar-refractivity contribution in [2.24, 2.45) is 23.2 Å². The molecule has 0 N–H and O–H groups in total. The van der Waals surface area contributed by atoms with E-state index < -0.39 is 0 Å². The van der Waals surface area contributed by atoms with E-state index in [2.05, 4.69) is 52.8 Å². The first-order chi connectivity index (χ1) is 16.1. The van der Waals surface area contributed by atoms with Crippen LogP contribution >= 0.6 is 0 Å². The number of fused-ring (bicyclic) bond motifs is 1. The van der Waals surface area contributed by atoms with Crippen molar-refractivity contribution in [3.05, 3.63) is 34.9 Å². The summed E-state index contributed by atoms with van der Waals surface area (Å²) in [4.78, 5) is 30.3. The van der Waals surface area contributed by atoms with E-state index in [1.807, 2.05) is 9.80 Å². The lowest BCUT2D eigenvalue weighted by atomic mass is 9.70. The monoisotopic (exact) mass is 464 g/mol. The zero-order valence-electron chi connectivity index (χ0n) is 22.0. The third kappa shape index (κ3) is 4.42. The van der Waals surface area contributed by atoms with Crippen LogP contribution in [0, 0.1) is 23.2 Å². The average molecular weight is 465 g/mol. The fourth-order valence-corrected chi connectivity index (χ4v) is 7.05. The fraction of sp³-hybridized carbons (Fsp3) is 0.733. The van der Waals surface area contributed by atoms with Crippen LogP contribution in [0.4, 0.5) is 0 Å². The van der Waals surface area contributed by atoms with Gasteiger partial charge in [-0.15, -0.1) is 0 Å². The summed E-state index contributed by atoms with van der Waals surface area (Å²) in [5, 5.41) is 0. The Balaban J connectivity index is 1.31. The summed E-state index contributed by atoms with van der Waals surface area (Å²) in [6.45, 7) is 13.8. The summed E-state index contributed by atoms with van der Waals surface area (Å²) in [5.74, 6) is 3.78. The molecule has 0 bridgehead atoms. The molecule has 4 unspecified atom stereocenters. The second-order valence-electron chi connectivity index (χ2n) is 13.2. The van der Waals surface area contributed by atoms with E-state index in [0.29, 0.717) is 32.1 Å². The molecule has 2 amide bonds. The van der Waals surface area contributed by atoms with Crippen LogP contribution in [0.2, 0.25) is 0 Å². The second-order valence-corrected chi connectivity index (χ2v) is 13.2. The molecule has 1 heterocycles. The Labute approximate surface area is 206 Å². The van der Waals surface area contributed by atoms with E-state index in [9.17, 15) is 9.59 Å². The van der Waals surface area contributed by atoms with E-state index in [1.165, 1.54) is 43.2 Å². The molecule has 1 aromatic rings. The average Bonchev–Trinajstić information content (AvgIpc) is 3.48. The Hall–Kier alpha value is -1.84. The smallest absolute Gasteiger partial charge is 0.254 e. The van der Waals surface area contributed by atoms with E-state index >= 15 is 0 Å². The molecule has 186 valence electrons. The molecule has 4 atom stereocenters. The van der Waals surface area contributed by atoms with Gasteiger partial charge in [0.2, 0.25) is 5.91 Å². The summed E-state index contributed by atoms with van der Waals surface area (Å²) in [5.41, 5.74) is 3.26. The normalized spacial score (nSPS) is 30.7. The van der Waals surface area contributed by atoms with E-state index in [4.69, 9.17) is 0 Å². The number of nitrogens with zero attached hydrogens (tertiary/aromatic N) is 2. The van der Waals surface area contributed by atoms with Crippen LogP contribution in [0.15, 0.2) is 18.2 Å². The van der Waals surface area contributed by atoms with Crippen molar-refractivity contribution in [1.82, 2.24) is 9.80 Å². The fourth-order valence-electron chi connectivity index (χ4n) is 7.05. The van der Waals surface area contributed by atoms with Gasteiger partial charge in [0.1, 0.15) is 0 Å². The van der Waals surface area contributed by atoms with Crippen LogP contribution < -0.4 is 0 Å². The zero-order chi connectivity index (χ0) is 24.3. The molecule has 1 aromatic carbocycles. The number of carbonyl (C=O) groups excluding carboxylic acids is 2. The Morgan fingerprint density at radius 2 is 1.62 bits per heavy atom. The molecule has 1 aliphatic heterocycles. The van der Waals surface area contributed by atoms with Gasteiger partial charge in [-0.2, -0.15) is 0 Å². The molecule has 4 heteroatoms. The van der Waals surface area contributed by atoms with Gasteiger partial charge in [0.25, 0.3) is 5.91 Å². The van der Waals surface area contributed by atoms with Crippen molar-refractivity contribution < 1.29 is 9.59 Å². The maximum Gasteiger partial charge on any atom is 0.254 e. The van der Waals surface area contributed by atoms with Crippen molar-refractivity contribution in [3.8, 4) is 0 Å². The van der Waals surface area contributed by atoms with Gasteiger partial charge in [-0.3, -0.25) is 9.59 Å². The number of benzene rings is 1. The Morgan fingerprint density at radius 1 is 0.941 bits per heavy atom. The summed E-state index contributed by atoms with van der Waals surface area (Å²) in [6, 6.07) is 6.73. The van der Waals surface area contributed by atoms with Gasteiger partial charge < -0.3 is 9.80 Å². The molecule has 0 spiro atoms. The number of rotatable bonds is 3. The van der Waals surface area contributed by atoms with Gasteiger partial charge in [0.05, 0.1) is 0 Å². The van der Waals surface area contributed by atoms with E-state index in [1.54, 1.807) is 0 Å². The Bertz CT molecular complexity index is 949. The van der Waals surface area contributed by atoms with Gasteiger partial charge in [-0.25, -0.2) is 0 Å². The highest BCUT2D eigenvalue weighted by atomic mass is 16.2. The number of piperazine rings is 1. The van der Waals surface area contributed by atoms with Gasteiger partial charge in [0, 0.05) is 37.2 Å². The minimum atomic E-state index is -0.128. The van der Waals surface area contributed by atoms with Gasteiger partial charge in [-0.1, -0.05) is 53.2 Å². The minimum absolute atomic E-state index is 0.0849. The van der Waals surface area contributed by atoms with Crippen LogP contribution in [0.3, 0.4) is 0 Å². The van der Waals surface area contributed by atoms with Crippen molar-refractivity contribution in [1.29, 1.82) is 0 Å². The zero-order valence-corrected chi connectivity index (χ0v) is 22.0. The lowest BCUT2D eigenvalue weighted by Crippen LogP contribution is -2.52. The summed E-state index contributed by atoms with van der Waals surface area (Å²) in [7, 11) is 0. The molecule has 3 aliphatic carbocycles. The van der Waals surface area contributed by atoms with E-state index in [0.717, 1.165) is 36.2 Å². The molecule has 34 heavy (non-hydrogen) atoms. The highest BCUT2D eigenvalue weighted by Crippen LogP contribution is 2.50. The SMILES string of the molecule is CC1CCC2CC(c3ccc(C(=O)N4CCN(C(=O)C5(C)CC5)CC4)c(C(C)(C)C)c3)CCC12. The molecule has 4 nitrogen and oxygen atoms in total. The summed E-state index contributed by atoms with van der Waals surface area (Å²) < 4.78 is 0. The third-order valence-corrected chi connectivity index (χ3v) is 9.69. The van der Waals surface area contributed by atoms with Crippen LogP contribution in [0.5, 0.6) is 0 Å². The first-order valence-electron chi connectivity index (χ1n) is 13.8. The molecular formula is C30H44N2O2. The van der Waals surface area contributed by atoms with Crippen LogP contribution in [-0.2, 0) is 10.2 Å². The predicted molar refractivity (Wildman–Crippen MR) is 137 cm³/mol. The summed E-state index contributed by atoms with van der Waals surface area (Å²) in [6.07, 6.45) is 8.79. The predicted octanol–water partition coefficient (Wildman–Crippen LogP) is 6.00. The molecular weight excluding hydrogens is 420 g/mol. The summed E-state index contributed by atoms with van der Waals surface area (Å²) >= 11 is 0. The van der Waals surface area contributed by atoms with Crippen molar-refractivity contribution >= 4 is 11.8 Å². The third-order valence-electron chi connectivity index (χ3n) is 9.69. The number of carbonyl (C=O) groups is 2. The van der Waals surface area contributed by atoms with Gasteiger partial charge in [-0.05, 0) is 84.8 Å². The Kier molecular flexibility index (Phi) is 6.09. The lowest BCUT2D eigenvalue weighted by Gasteiger charge is -2.37. The van der Waals surface area contributed by atoms with Crippen LogP contribution in [-0.4, -0.2) is 47.8 Å². The van der Waals surface area contributed by atoms with E-state index in [-0.39, 0.29) is 22.6 Å². The maximum absolute atomic E-state index is 13.6. The first kappa shape index (κ1) is 23.9. The van der Waals surface area contributed by atoms with Crippen molar-refractivity contribution in [3.63, 3.8) is 0 Å². The highest BCUT2D eigenvalue weighted by molar-refractivity contribution is 5.96. The van der Waals surface area contributed by atoms with Crippen molar-refractivity contribution in [2.45, 2.75) is 90.9 Å². The molecule has 0 aromatic heterocycles. The molecule has 3 saturated carbocycles. The van der Waals surface area contributed by atoms with Crippen LogP contribution in [0.1, 0.15) is 107 Å². The van der Waals surface area contributed by atoms with Crippen molar-refractivity contribution in [2.75, 3.05) is 26.2 Å². The molecule has 5 rings (SSSR count). The standard InChI is InChI=1S/C30H44N2O2/c1-20-6-7-23-18-21(8-10-24(20)23)22-9-11-25(26(19-22)29(2,3)4)27(33)31-14-16-32(17-15-31)28(34)30(5)12-13-30/h9,11,19-21,23-24H,6-8,10,12-18H2,1-5H3. The number of hydrogen-bond donors (Lipinski definition) is 0. The quantitative estimate of drug-likeness (QED) is 0.550. The van der Waals surface area contributed by atoms with Gasteiger partial charge >= 0.3 is 0 Å². The van der Waals surface area contributed by atoms with Crippen LogP contribution in [0.25, 0.3) is 0 Å². The lowest BCUT2D eigenvalue weighted by molar-refractivity contribution is -0.137. The Morgan fingerprint density at radius 3 is 2.26 bits per heavy atom. The maximum atomic E-state index is 13.6. The van der Waals surface area contributed by atoms with Gasteiger partial charge in [0.15, 0.2) is 0 Å². The number of hydrogen-bond acceptors (Lipinski definition) is 2.